The summed E-state index contributed by atoms with van der Waals surface area (Å²) in [5.74, 6) is -0.652. The highest BCUT2D eigenvalue weighted by atomic mass is 35.5. The number of morpholine rings is 1. The van der Waals surface area contributed by atoms with Gasteiger partial charge in [-0.3, -0.25) is 9.69 Å². The molecule has 7 heteroatoms. The summed E-state index contributed by atoms with van der Waals surface area (Å²) in [4.78, 5) is 16.1. The standard InChI is InChI=1S/C15H15ClFN3O2/c16-12-2-1-10(7-13(12)17)20-4-3-14(15(20)21)19-5-6-22-9-11(19)8-18/h1-2,7,11,14H,3-6,9H2/t11-,14+/m1/s1. The fourth-order valence-corrected chi connectivity index (χ4v) is 3.10. The van der Waals surface area contributed by atoms with Gasteiger partial charge in [0.15, 0.2) is 0 Å². The van der Waals surface area contributed by atoms with Crippen molar-refractivity contribution in [1.82, 2.24) is 4.90 Å². The molecule has 1 aromatic carbocycles. The van der Waals surface area contributed by atoms with Crippen LogP contribution in [-0.4, -0.2) is 49.2 Å². The molecule has 0 aliphatic carbocycles. The molecule has 5 nitrogen and oxygen atoms in total. The van der Waals surface area contributed by atoms with Gasteiger partial charge in [0.1, 0.15) is 11.9 Å². The summed E-state index contributed by atoms with van der Waals surface area (Å²) < 4.78 is 18.9. The third kappa shape index (κ3) is 2.68. The number of benzene rings is 1. The van der Waals surface area contributed by atoms with Gasteiger partial charge in [0, 0.05) is 18.8 Å². The number of carbonyl (C=O) groups is 1. The maximum Gasteiger partial charge on any atom is 0.244 e. The quantitative estimate of drug-likeness (QED) is 0.833. The molecule has 1 amide bonds. The van der Waals surface area contributed by atoms with Crippen molar-refractivity contribution in [3.63, 3.8) is 0 Å². The van der Waals surface area contributed by atoms with Gasteiger partial charge in [-0.05, 0) is 24.6 Å². The van der Waals surface area contributed by atoms with E-state index in [1.54, 1.807) is 11.0 Å². The molecular weight excluding hydrogens is 309 g/mol. The Morgan fingerprint density at radius 3 is 2.95 bits per heavy atom. The lowest BCUT2D eigenvalue weighted by molar-refractivity contribution is -0.124. The van der Waals surface area contributed by atoms with Gasteiger partial charge in [0.25, 0.3) is 0 Å². The van der Waals surface area contributed by atoms with Crippen LogP contribution in [0.4, 0.5) is 10.1 Å². The third-order valence-electron chi connectivity index (χ3n) is 4.11. The van der Waals surface area contributed by atoms with Crippen LogP contribution in [0.1, 0.15) is 6.42 Å². The van der Waals surface area contributed by atoms with Gasteiger partial charge in [0.2, 0.25) is 5.91 Å². The lowest BCUT2D eigenvalue weighted by atomic mass is 10.1. The van der Waals surface area contributed by atoms with Crippen molar-refractivity contribution in [3.8, 4) is 6.07 Å². The summed E-state index contributed by atoms with van der Waals surface area (Å²) in [6.45, 7) is 1.88. The Bertz CT molecular complexity index is 634. The van der Waals surface area contributed by atoms with Gasteiger partial charge in [0.05, 0.1) is 30.3 Å². The monoisotopic (exact) mass is 323 g/mol. The Kier molecular flexibility index (Phi) is 4.30. The molecular formula is C15H15ClFN3O2. The predicted octanol–water partition coefficient (Wildman–Crippen LogP) is 1.81. The minimum atomic E-state index is -0.545. The highest BCUT2D eigenvalue weighted by molar-refractivity contribution is 6.30. The third-order valence-corrected chi connectivity index (χ3v) is 4.42. The number of amides is 1. The van der Waals surface area contributed by atoms with Crippen LogP contribution in [0.5, 0.6) is 0 Å². The fraction of sp³-hybridized carbons (Fsp3) is 0.467. The van der Waals surface area contributed by atoms with Gasteiger partial charge in [-0.15, -0.1) is 0 Å². The Hall–Kier alpha value is -1.68. The van der Waals surface area contributed by atoms with Crippen molar-refractivity contribution in [3.05, 3.63) is 29.0 Å². The maximum absolute atomic E-state index is 13.6. The second-order valence-electron chi connectivity index (χ2n) is 5.35. The number of nitriles is 1. The first-order chi connectivity index (χ1) is 10.6. The summed E-state index contributed by atoms with van der Waals surface area (Å²) in [5.41, 5.74) is 0.496. The van der Waals surface area contributed by atoms with E-state index < -0.39 is 11.9 Å². The molecule has 0 saturated carbocycles. The van der Waals surface area contributed by atoms with Crippen LogP contribution in [-0.2, 0) is 9.53 Å². The SMILES string of the molecule is N#C[C@@H]1COCCN1[C@H]1CCN(c2ccc(Cl)c(F)c2)C1=O. The van der Waals surface area contributed by atoms with E-state index in [1.807, 2.05) is 4.90 Å². The van der Waals surface area contributed by atoms with Crippen molar-refractivity contribution in [2.24, 2.45) is 0 Å². The van der Waals surface area contributed by atoms with E-state index in [4.69, 9.17) is 16.3 Å². The van der Waals surface area contributed by atoms with Crippen LogP contribution < -0.4 is 4.90 Å². The summed E-state index contributed by atoms with van der Waals surface area (Å²) in [6.07, 6.45) is 0.612. The summed E-state index contributed by atoms with van der Waals surface area (Å²) >= 11 is 5.68. The predicted molar refractivity (Wildman–Crippen MR) is 79.1 cm³/mol. The van der Waals surface area contributed by atoms with Crippen LogP contribution in [0.2, 0.25) is 5.02 Å². The molecule has 0 aromatic heterocycles. The molecule has 116 valence electrons. The van der Waals surface area contributed by atoms with Gasteiger partial charge in [-0.2, -0.15) is 5.26 Å². The van der Waals surface area contributed by atoms with Crippen molar-refractivity contribution < 1.29 is 13.9 Å². The fourth-order valence-electron chi connectivity index (χ4n) is 2.98. The maximum atomic E-state index is 13.6. The lowest BCUT2D eigenvalue weighted by Gasteiger charge is -2.34. The first-order valence-electron chi connectivity index (χ1n) is 7.11. The molecule has 0 bridgehead atoms. The minimum absolute atomic E-state index is 0.0321. The van der Waals surface area contributed by atoms with Gasteiger partial charge >= 0.3 is 0 Å². The molecule has 0 radical (unpaired) electrons. The van der Waals surface area contributed by atoms with E-state index in [0.717, 1.165) is 0 Å². The van der Waals surface area contributed by atoms with E-state index >= 15 is 0 Å². The molecule has 2 heterocycles. The molecule has 22 heavy (non-hydrogen) atoms. The second kappa shape index (κ2) is 6.21. The van der Waals surface area contributed by atoms with Crippen molar-refractivity contribution in [2.45, 2.75) is 18.5 Å². The number of ether oxygens (including phenoxy) is 1. The zero-order valence-electron chi connectivity index (χ0n) is 11.8. The van der Waals surface area contributed by atoms with Crippen LogP contribution in [0, 0.1) is 17.1 Å². The highest BCUT2D eigenvalue weighted by Crippen LogP contribution is 2.28. The summed E-state index contributed by atoms with van der Waals surface area (Å²) in [6, 6.07) is 5.75. The average Bonchev–Trinajstić information content (AvgIpc) is 2.91. The van der Waals surface area contributed by atoms with Crippen LogP contribution in [0.15, 0.2) is 18.2 Å². The van der Waals surface area contributed by atoms with Gasteiger partial charge in [-0.1, -0.05) is 11.6 Å². The largest absolute Gasteiger partial charge is 0.377 e. The molecule has 2 aliphatic rings. The Labute approximate surface area is 132 Å². The minimum Gasteiger partial charge on any atom is -0.377 e. The van der Waals surface area contributed by atoms with E-state index in [0.29, 0.717) is 38.4 Å². The zero-order chi connectivity index (χ0) is 15.7. The van der Waals surface area contributed by atoms with Gasteiger partial charge in [-0.25, -0.2) is 4.39 Å². The molecule has 0 spiro atoms. The molecule has 2 atom stereocenters. The molecule has 0 N–H and O–H groups in total. The normalized spacial score (nSPS) is 26.2. The number of hydrogen-bond donors (Lipinski definition) is 0. The summed E-state index contributed by atoms with van der Waals surface area (Å²) in [5, 5.41) is 9.23. The smallest absolute Gasteiger partial charge is 0.244 e. The molecule has 2 saturated heterocycles. The Balaban J connectivity index is 1.79. The summed E-state index contributed by atoms with van der Waals surface area (Å²) in [7, 11) is 0. The second-order valence-corrected chi connectivity index (χ2v) is 5.76. The topological polar surface area (TPSA) is 56.6 Å². The van der Waals surface area contributed by atoms with E-state index in [-0.39, 0.29) is 17.0 Å². The van der Waals surface area contributed by atoms with E-state index in [1.165, 1.54) is 12.1 Å². The molecule has 0 unspecified atom stereocenters. The first kappa shape index (κ1) is 15.2. The van der Waals surface area contributed by atoms with Crippen LogP contribution in [0.25, 0.3) is 0 Å². The molecule has 2 aliphatic heterocycles. The number of halogens is 2. The van der Waals surface area contributed by atoms with Crippen molar-refractivity contribution in [1.29, 1.82) is 5.26 Å². The molecule has 3 rings (SSSR count). The Morgan fingerprint density at radius 2 is 2.23 bits per heavy atom. The highest BCUT2D eigenvalue weighted by Gasteiger charge is 2.40. The number of hydrogen-bond acceptors (Lipinski definition) is 4. The molecule has 1 aromatic rings. The number of anilines is 1. The lowest BCUT2D eigenvalue weighted by Crippen LogP contribution is -2.52. The first-order valence-corrected chi connectivity index (χ1v) is 7.49. The van der Waals surface area contributed by atoms with E-state index in [9.17, 15) is 14.4 Å². The molecule has 2 fully saturated rings. The van der Waals surface area contributed by atoms with Crippen molar-refractivity contribution in [2.75, 3.05) is 31.2 Å². The number of nitrogens with zero attached hydrogens (tertiary/aromatic N) is 3. The number of carbonyl (C=O) groups excluding carboxylic acids is 1. The number of rotatable bonds is 2. The van der Waals surface area contributed by atoms with Crippen molar-refractivity contribution >= 4 is 23.2 Å². The van der Waals surface area contributed by atoms with Crippen LogP contribution >= 0.6 is 11.6 Å². The average molecular weight is 324 g/mol. The van der Waals surface area contributed by atoms with Gasteiger partial charge < -0.3 is 9.64 Å². The zero-order valence-corrected chi connectivity index (χ0v) is 12.6. The van der Waals surface area contributed by atoms with E-state index in [2.05, 4.69) is 6.07 Å². The Morgan fingerprint density at radius 1 is 1.41 bits per heavy atom. The van der Waals surface area contributed by atoms with Crippen LogP contribution in [0.3, 0.4) is 0 Å².